The minimum Gasteiger partial charge on any atom is -0.495 e. The average molecular weight is 418 g/mol. The van der Waals surface area contributed by atoms with Gasteiger partial charge in [-0.05, 0) is 48.9 Å². The standard InChI is InChI=1S/C23H22N4O4/c1-14-5-7-19(29-2)16(11-14)25-23(28)17-13-22-24-10-9-18(27(22)26-17)15-6-8-20(30-3)21(12-15)31-4/h5-13H,1-4H3,(H,25,28). The van der Waals surface area contributed by atoms with Crippen LogP contribution in [0.4, 0.5) is 5.69 Å². The van der Waals surface area contributed by atoms with Gasteiger partial charge in [0.15, 0.2) is 22.8 Å². The van der Waals surface area contributed by atoms with Crippen LogP contribution in [-0.4, -0.2) is 41.8 Å². The molecule has 0 aliphatic heterocycles. The van der Waals surface area contributed by atoms with E-state index in [1.807, 2.05) is 49.4 Å². The van der Waals surface area contributed by atoms with Crippen LogP contribution in [0.3, 0.4) is 0 Å². The molecule has 0 saturated carbocycles. The second-order valence-electron chi connectivity index (χ2n) is 6.86. The number of anilines is 1. The maximum atomic E-state index is 12.9. The first-order valence-electron chi connectivity index (χ1n) is 9.57. The van der Waals surface area contributed by atoms with Gasteiger partial charge in [-0.3, -0.25) is 4.79 Å². The lowest BCUT2D eigenvalue weighted by Crippen LogP contribution is -2.13. The molecule has 0 radical (unpaired) electrons. The summed E-state index contributed by atoms with van der Waals surface area (Å²) >= 11 is 0. The molecule has 31 heavy (non-hydrogen) atoms. The normalized spacial score (nSPS) is 10.7. The molecule has 0 bridgehead atoms. The number of rotatable bonds is 6. The summed E-state index contributed by atoms with van der Waals surface area (Å²) in [5.74, 6) is 1.45. The zero-order valence-corrected chi connectivity index (χ0v) is 17.7. The topological polar surface area (TPSA) is 87.0 Å². The highest BCUT2D eigenvalue weighted by atomic mass is 16.5. The van der Waals surface area contributed by atoms with E-state index in [1.165, 1.54) is 0 Å². The van der Waals surface area contributed by atoms with Gasteiger partial charge in [0, 0.05) is 17.8 Å². The van der Waals surface area contributed by atoms with Gasteiger partial charge in [0.25, 0.3) is 5.91 Å². The van der Waals surface area contributed by atoms with Crippen LogP contribution in [0.15, 0.2) is 54.7 Å². The van der Waals surface area contributed by atoms with Crippen LogP contribution in [0.25, 0.3) is 16.9 Å². The van der Waals surface area contributed by atoms with Gasteiger partial charge in [-0.25, -0.2) is 9.50 Å². The molecule has 0 fully saturated rings. The molecule has 2 aromatic carbocycles. The number of amides is 1. The number of carbonyl (C=O) groups excluding carboxylic acids is 1. The largest absolute Gasteiger partial charge is 0.495 e. The molecular formula is C23H22N4O4. The van der Waals surface area contributed by atoms with Crippen LogP contribution in [-0.2, 0) is 0 Å². The molecule has 0 spiro atoms. The first-order chi connectivity index (χ1) is 15.0. The minimum absolute atomic E-state index is 0.240. The summed E-state index contributed by atoms with van der Waals surface area (Å²) in [7, 11) is 4.73. The third-order valence-corrected chi connectivity index (χ3v) is 4.87. The van der Waals surface area contributed by atoms with Crippen LogP contribution < -0.4 is 19.5 Å². The van der Waals surface area contributed by atoms with Gasteiger partial charge in [-0.15, -0.1) is 0 Å². The van der Waals surface area contributed by atoms with Crippen LogP contribution in [0.5, 0.6) is 17.2 Å². The monoisotopic (exact) mass is 418 g/mol. The van der Waals surface area contributed by atoms with E-state index in [9.17, 15) is 4.79 Å². The molecule has 0 atom stereocenters. The van der Waals surface area contributed by atoms with E-state index in [4.69, 9.17) is 14.2 Å². The number of fused-ring (bicyclic) bond motifs is 1. The van der Waals surface area contributed by atoms with Crippen molar-refractivity contribution in [1.29, 1.82) is 0 Å². The maximum Gasteiger partial charge on any atom is 0.276 e. The van der Waals surface area contributed by atoms with Gasteiger partial charge < -0.3 is 19.5 Å². The summed E-state index contributed by atoms with van der Waals surface area (Å²) in [6.45, 7) is 1.94. The summed E-state index contributed by atoms with van der Waals surface area (Å²) < 4.78 is 17.7. The third-order valence-electron chi connectivity index (χ3n) is 4.87. The SMILES string of the molecule is COc1ccc(C)cc1NC(=O)c1cc2nccc(-c3ccc(OC)c(OC)c3)n2n1. The molecule has 1 N–H and O–H groups in total. The van der Waals surface area contributed by atoms with Crippen LogP contribution in [0, 0.1) is 6.92 Å². The van der Waals surface area contributed by atoms with Gasteiger partial charge in [0.05, 0.1) is 32.7 Å². The Morgan fingerprint density at radius 3 is 2.39 bits per heavy atom. The molecule has 8 heteroatoms. The van der Waals surface area contributed by atoms with Crippen molar-refractivity contribution in [1.82, 2.24) is 14.6 Å². The summed E-state index contributed by atoms with van der Waals surface area (Å²) in [6, 6.07) is 14.6. The van der Waals surface area contributed by atoms with E-state index in [-0.39, 0.29) is 11.6 Å². The van der Waals surface area contributed by atoms with Gasteiger partial charge in [0.1, 0.15) is 5.75 Å². The molecule has 0 aliphatic carbocycles. The van der Waals surface area contributed by atoms with Gasteiger partial charge in [-0.2, -0.15) is 5.10 Å². The van der Waals surface area contributed by atoms with Crippen molar-refractivity contribution in [2.75, 3.05) is 26.6 Å². The summed E-state index contributed by atoms with van der Waals surface area (Å²) in [5, 5.41) is 7.36. The lowest BCUT2D eigenvalue weighted by molar-refractivity contribution is 0.102. The lowest BCUT2D eigenvalue weighted by atomic mass is 10.1. The highest BCUT2D eigenvalue weighted by Crippen LogP contribution is 2.32. The van der Waals surface area contributed by atoms with E-state index < -0.39 is 0 Å². The Morgan fingerprint density at radius 1 is 0.903 bits per heavy atom. The van der Waals surface area contributed by atoms with Crippen molar-refractivity contribution in [3.8, 4) is 28.5 Å². The summed E-state index contributed by atoms with van der Waals surface area (Å²) in [4.78, 5) is 17.2. The van der Waals surface area contributed by atoms with Crippen LogP contribution in [0.1, 0.15) is 16.1 Å². The Balaban J connectivity index is 1.71. The number of carbonyl (C=O) groups is 1. The molecule has 0 aliphatic rings. The number of aryl methyl sites for hydroxylation is 1. The van der Waals surface area contributed by atoms with E-state index >= 15 is 0 Å². The van der Waals surface area contributed by atoms with Crippen LogP contribution in [0.2, 0.25) is 0 Å². The van der Waals surface area contributed by atoms with Crippen molar-refractivity contribution >= 4 is 17.2 Å². The Hall–Kier alpha value is -4.07. The molecule has 4 rings (SSSR count). The zero-order chi connectivity index (χ0) is 22.0. The Morgan fingerprint density at radius 2 is 1.65 bits per heavy atom. The third kappa shape index (κ3) is 3.87. The number of nitrogens with one attached hydrogen (secondary N) is 1. The first-order valence-corrected chi connectivity index (χ1v) is 9.57. The minimum atomic E-state index is -0.354. The van der Waals surface area contributed by atoms with E-state index in [1.54, 1.807) is 38.1 Å². The Bertz CT molecular complexity index is 1270. The van der Waals surface area contributed by atoms with Gasteiger partial charge in [-0.1, -0.05) is 6.07 Å². The number of methoxy groups -OCH3 is 3. The molecule has 158 valence electrons. The fraction of sp³-hybridized carbons (Fsp3) is 0.174. The number of aromatic nitrogens is 3. The average Bonchev–Trinajstić information content (AvgIpc) is 3.23. The highest BCUT2D eigenvalue weighted by Gasteiger charge is 2.17. The van der Waals surface area contributed by atoms with Crippen molar-refractivity contribution in [2.24, 2.45) is 0 Å². The van der Waals surface area contributed by atoms with Crippen molar-refractivity contribution in [3.63, 3.8) is 0 Å². The first kappa shape index (κ1) is 20.2. The molecule has 4 aromatic rings. The van der Waals surface area contributed by atoms with E-state index in [2.05, 4.69) is 15.4 Å². The van der Waals surface area contributed by atoms with E-state index in [0.717, 1.165) is 16.8 Å². The molecule has 2 aromatic heterocycles. The van der Waals surface area contributed by atoms with E-state index in [0.29, 0.717) is 28.6 Å². The predicted octanol–water partition coefficient (Wildman–Crippen LogP) is 3.98. The zero-order valence-electron chi connectivity index (χ0n) is 17.7. The highest BCUT2D eigenvalue weighted by molar-refractivity contribution is 6.04. The molecule has 0 saturated heterocycles. The van der Waals surface area contributed by atoms with Gasteiger partial charge in [0.2, 0.25) is 0 Å². The molecular weight excluding hydrogens is 396 g/mol. The number of ether oxygens (including phenoxy) is 3. The number of nitrogens with zero attached hydrogens (tertiary/aromatic N) is 3. The van der Waals surface area contributed by atoms with Gasteiger partial charge >= 0.3 is 0 Å². The van der Waals surface area contributed by atoms with Crippen molar-refractivity contribution in [2.45, 2.75) is 6.92 Å². The molecule has 0 unspecified atom stereocenters. The second kappa shape index (κ2) is 8.35. The number of hydrogen-bond donors (Lipinski definition) is 1. The maximum absolute atomic E-state index is 12.9. The van der Waals surface area contributed by atoms with Crippen LogP contribution >= 0.6 is 0 Å². The van der Waals surface area contributed by atoms with Crippen molar-refractivity contribution in [3.05, 3.63) is 66.0 Å². The summed E-state index contributed by atoms with van der Waals surface area (Å²) in [6.07, 6.45) is 1.67. The summed E-state index contributed by atoms with van der Waals surface area (Å²) in [5.41, 5.74) is 3.98. The molecule has 8 nitrogen and oxygen atoms in total. The quantitative estimate of drug-likeness (QED) is 0.510. The number of benzene rings is 2. The smallest absolute Gasteiger partial charge is 0.276 e. The number of hydrogen-bond acceptors (Lipinski definition) is 6. The fourth-order valence-electron chi connectivity index (χ4n) is 3.33. The fourth-order valence-corrected chi connectivity index (χ4v) is 3.33. The Kier molecular flexibility index (Phi) is 5.44. The predicted molar refractivity (Wildman–Crippen MR) is 117 cm³/mol. The molecule has 2 heterocycles. The molecule has 1 amide bonds. The second-order valence-corrected chi connectivity index (χ2v) is 6.86. The lowest BCUT2D eigenvalue weighted by Gasteiger charge is -2.10. The Labute approximate surface area is 179 Å². The van der Waals surface area contributed by atoms with Crippen molar-refractivity contribution < 1.29 is 19.0 Å².